The van der Waals surface area contributed by atoms with Gasteiger partial charge in [-0.25, -0.2) is 0 Å². The van der Waals surface area contributed by atoms with Gasteiger partial charge in [-0.15, -0.1) is 0 Å². The van der Waals surface area contributed by atoms with E-state index in [0.29, 0.717) is 0 Å². The number of benzene rings is 2. The molecule has 4 fully saturated rings. The first-order valence-electron chi connectivity index (χ1n) is 19.0. The van der Waals surface area contributed by atoms with Crippen LogP contribution in [0, 0.1) is 48.2 Å². The number of anilines is 2. The van der Waals surface area contributed by atoms with Crippen molar-refractivity contribution in [3.05, 3.63) is 64.3 Å². The summed E-state index contributed by atoms with van der Waals surface area (Å²) in [7, 11) is 8.43. The number of halogens is 6. The van der Waals surface area contributed by atoms with Gasteiger partial charge in [-0.1, -0.05) is 35.4 Å². The Bertz CT molecular complexity index is 1250. The van der Waals surface area contributed by atoms with Crippen molar-refractivity contribution >= 4 is 49.9 Å². The smallest absolute Gasteiger partial charge is 1.00 e. The van der Waals surface area contributed by atoms with Crippen molar-refractivity contribution in [2.45, 2.75) is 155 Å². The van der Waals surface area contributed by atoms with Crippen LogP contribution in [0.15, 0.2) is 24.3 Å². The van der Waals surface area contributed by atoms with Gasteiger partial charge >= 0.3 is 165 Å². The molecule has 2 nitrogen and oxygen atoms in total. The van der Waals surface area contributed by atoms with Crippen LogP contribution in [0.3, 0.4) is 0 Å². The van der Waals surface area contributed by atoms with Crippen LogP contribution >= 0.6 is 26.6 Å². The summed E-state index contributed by atoms with van der Waals surface area (Å²) in [5, 5.41) is 0. The summed E-state index contributed by atoms with van der Waals surface area (Å²) in [6.07, 6.45) is 22.2. The molecular weight excluding hydrogens is 798 g/mol. The number of hydrogen-bond donors (Lipinski definition) is 0. The topological polar surface area (TPSA) is 6.48 Å². The standard InChI is InChI=1S/C21H27N2.C19H34P.BF3.2ClH.FH.Ru/c1-14-9-16(3)20(17(4)10-14)22-7-8-23(13-22)21-18(5)11-15(2)12-19(21)6;1-20(17-11-5-2-6-12-17,18-13-7-3-8-14-18)19-15-9-4-10-16-19;2-1(3)4;;;;/h9-13H,7-8H2,1-6H3;1,17-19H,2-16H2;;3*1H;/q-1;+1;;;;;+2/p-3. The number of hydrogen-bond acceptors (Lipinski definition) is 2. The molecule has 4 aliphatic rings. The van der Waals surface area contributed by atoms with Gasteiger partial charge in [0.1, 0.15) is 0 Å². The second kappa shape index (κ2) is 21.4. The van der Waals surface area contributed by atoms with E-state index in [4.69, 9.17) is 19.4 Å². The van der Waals surface area contributed by atoms with Gasteiger partial charge in [0.05, 0.1) is 0 Å². The number of aryl methyl sites for hydroxylation is 6. The molecule has 0 radical (unpaired) electrons. The van der Waals surface area contributed by atoms with E-state index in [2.05, 4.69) is 86.6 Å². The van der Waals surface area contributed by atoms with Gasteiger partial charge in [-0.3, -0.25) is 12.9 Å². The molecule has 0 atom stereocenters. The molecule has 1 aliphatic heterocycles. The zero-order chi connectivity index (χ0) is 36.4. The first-order chi connectivity index (χ1) is 23.8. The van der Waals surface area contributed by atoms with Crippen LogP contribution in [-0.4, -0.2) is 42.0 Å². The molecule has 0 unspecified atom stereocenters. The molecule has 3 aliphatic carbocycles. The van der Waals surface area contributed by atoms with E-state index in [-0.39, 0.29) is 4.70 Å². The summed E-state index contributed by atoms with van der Waals surface area (Å²) < 4.78 is 31.7. The largest absolute Gasteiger partial charge is 1.00 e. The Morgan fingerprint density at radius 2 is 0.882 bits per heavy atom. The molecule has 0 aromatic heterocycles. The third-order valence-corrected chi connectivity index (χ3v) is 23.2. The first-order valence-corrected chi connectivity index (χ1v) is 26.6. The van der Waals surface area contributed by atoms with Gasteiger partial charge in [0.25, 0.3) is 0 Å². The number of nitrogens with zero attached hydrogens (tertiary/aromatic N) is 2. The van der Waals surface area contributed by atoms with Crippen LogP contribution in [0.2, 0.25) is 0 Å². The Morgan fingerprint density at radius 1 is 0.608 bits per heavy atom. The molecule has 0 N–H and O–H groups in total. The van der Waals surface area contributed by atoms with Gasteiger partial charge in [0.2, 0.25) is 0 Å². The summed E-state index contributed by atoms with van der Waals surface area (Å²) >= 11 is -1.68. The Morgan fingerprint density at radius 3 is 1.14 bits per heavy atom. The van der Waals surface area contributed by atoms with E-state index in [0.717, 1.165) is 30.1 Å². The predicted molar refractivity (Wildman–Crippen MR) is 215 cm³/mol. The fourth-order valence-electron chi connectivity index (χ4n) is 9.91. The average molecular weight is 860 g/mol. The molecule has 1 heterocycles. The Kier molecular flexibility index (Phi) is 18.8. The fourth-order valence-corrected chi connectivity index (χ4v) is 25.5. The zero-order valence-corrected chi connectivity index (χ0v) is 35.9. The summed E-state index contributed by atoms with van der Waals surface area (Å²) in [6, 6.07) is 9.12. The summed E-state index contributed by atoms with van der Waals surface area (Å²) in [5.74, 6) is 0. The van der Waals surface area contributed by atoms with E-state index in [1.165, 1.54) is 141 Å². The minimum Gasteiger partial charge on any atom is -1.00 e. The van der Waals surface area contributed by atoms with E-state index in [1.54, 1.807) is 0 Å². The second-order valence-corrected chi connectivity index (χ2v) is 26.0. The van der Waals surface area contributed by atoms with Gasteiger partial charge in [0, 0.05) is 24.5 Å². The van der Waals surface area contributed by atoms with Crippen LogP contribution in [0.1, 0.15) is 130 Å². The second-order valence-electron chi connectivity index (χ2n) is 15.3. The van der Waals surface area contributed by atoms with Crippen LogP contribution < -0.4 is 14.5 Å². The van der Waals surface area contributed by atoms with Crippen molar-refractivity contribution in [2.75, 3.05) is 22.9 Å². The molecule has 6 rings (SSSR count). The molecule has 2 aromatic carbocycles. The normalized spacial score (nSPS) is 19.3. The van der Waals surface area contributed by atoms with E-state index >= 15 is 0 Å². The van der Waals surface area contributed by atoms with Crippen molar-refractivity contribution in [2.24, 2.45) is 0 Å². The fraction of sp³-hybridized carbons (Fsp3) is 0.650. The maximum atomic E-state index is 9.67. The van der Waals surface area contributed by atoms with E-state index in [9.17, 15) is 12.9 Å². The first kappa shape index (κ1) is 44.7. The molecule has 0 bridgehead atoms. The predicted octanol–water partition coefficient (Wildman–Crippen LogP) is 10.6. The third-order valence-electron chi connectivity index (χ3n) is 11.6. The maximum absolute atomic E-state index is 9.67. The molecule has 1 saturated heterocycles. The molecule has 290 valence electrons. The molecular formula is C40H61BCl2F4N2PRu-. The van der Waals surface area contributed by atoms with Crippen molar-refractivity contribution in [1.82, 2.24) is 0 Å². The molecule has 51 heavy (non-hydrogen) atoms. The summed E-state index contributed by atoms with van der Waals surface area (Å²) in [5.41, 5.74) is 13.8. The van der Waals surface area contributed by atoms with Crippen molar-refractivity contribution in [3.63, 3.8) is 0 Å². The monoisotopic (exact) mass is 859 g/mol. The third kappa shape index (κ3) is 12.2. The van der Waals surface area contributed by atoms with Gasteiger partial charge in [0.15, 0.2) is 0 Å². The average Bonchev–Trinajstić information content (AvgIpc) is 3.52. The van der Waals surface area contributed by atoms with E-state index in [1.807, 2.05) is 0 Å². The van der Waals surface area contributed by atoms with E-state index < -0.39 is 28.3 Å². The van der Waals surface area contributed by atoms with Crippen LogP contribution in [0.5, 0.6) is 0 Å². The van der Waals surface area contributed by atoms with Crippen molar-refractivity contribution < 1.29 is 31.2 Å². The molecule has 11 heteroatoms. The maximum Gasteiger partial charge on any atom is -1.00 e. The van der Waals surface area contributed by atoms with Crippen molar-refractivity contribution in [1.29, 1.82) is 0 Å². The summed E-state index contributed by atoms with van der Waals surface area (Å²) in [4.78, 5) is 4.81. The SMILES string of the molecule is Cc1cc(C)c(N2[CH-]N(c3c(C)cc(C)cc3C)CC2)c(C)c1.FB(F)F.[Cl][Ru]([Cl])=[CH][P+](C1CCCCC1)(C1CCCCC1)C1CCCCC1.[F-]. The van der Waals surface area contributed by atoms with Crippen LogP contribution in [0.25, 0.3) is 0 Å². The van der Waals surface area contributed by atoms with Gasteiger partial charge in [-0.05, 0) is 63.8 Å². The molecule has 2 aromatic rings. The van der Waals surface area contributed by atoms with Crippen LogP contribution in [0.4, 0.5) is 24.3 Å². The van der Waals surface area contributed by atoms with Gasteiger partial charge < -0.3 is 14.5 Å². The quantitative estimate of drug-likeness (QED) is 0.124. The zero-order valence-electron chi connectivity index (χ0n) is 31.8. The minimum atomic E-state index is -3.67. The Hall–Kier alpha value is -0.672. The Balaban J connectivity index is 0.000000245. The van der Waals surface area contributed by atoms with Gasteiger partial charge in [-0.2, -0.15) is 6.67 Å². The number of rotatable bonds is 6. The van der Waals surface area contributed by atoms with Crippen molar-refractivity contribution in [3.8, 4) is 0 Å². The molecule has 0 amide bonds. The van der Waals surface area contributed by atoms with Crippen LogP contribution in [-0.2, 0) is 13.5 Å². The molecule has 0 spiro atoms. The minimum absolute atomic E-state index is 0. The summed E-state index contributed by atoms with van der Waals surface area (Å²) in [6.45, 7) is 17.6. The Labute approximate surface area is 321 Å². The molecule has 3 saturated carbocycles.